The molecule has 148 valence electrons. The van der Waals surface area contributed by atoms with Gasteiger partial charge in [-0.1, -0.05) is 32.0 Å². The minimum absolute atomic E-state index is 0.236. The molecule has 2 amide bonds. The molecule has 0 heterocycles. The average Bonchev–Trinajstić information content (AvgIpc) is 2.66. The third-order valence-corrected chi connectivity index (χ3v) is 4.07. The number of ether oxygens (including phenoxy) is 1. The van der Waals surface area contributed by atoms with Crippen LogP contribution >= 0.6 is 0 Å². The number of halogens is 1. The molecular weight excluding hydrogens is 363 g/mol. The van der Waals surface area contributed by atoms with Crippen LogP contribution in [-0.4, -0.2) is 30.4 Å². The summed E-state index contributed by atoms with van der Waals surface area (Å²) in [6.45, 7) is 4.82. The van der Waals surface area contributed by atoms with Crippen LogP contribution < -0.4 is 10.6 Å². The molecule has 0 fully saturated rings. The third kappa shape index (κ3) is 5.90. The second kappa shape index (κ2) is 9.64. The number of hydrogen-bond donors (Lipinski definition) is 2. The van der Waals surface area contributed by atoms with Crippen molar-refractivity contribution in [2.24, 2.45) is 5.92 Å². The summed E-state index contributed by atoms with van der Waals surface area (Å²) in [5, 5.41) is 5.16. The number of carbonyl (C=O) groups excluding carboxylic acids is 3. The summed E-state index contributed by atoms with van der Waals surface area (Å²) in [6, 6.07) is 11.3. The molecule has 0 unspecified atom stereocenters. The van der Waals surface area contributed by atoms with Crippen LogP contribution in [0.25, 0.3) is 0 Å². The first-order valence-corrected chi connectivity index (χ1v) is 8.86. The first-order chi connectivity index (χ1) is 13.3. The van der Waals surface area contributed by atoms with Gasteiger partial charge >= 0.3 is 5.97 Å². The molecule has 0 saturated carbocycles. The Kier molecular flexibility index (Phi) is 7.26. The summed E-state index contributed by atoms with van der Waals surface area (Å²) in [5.41, 5.74) is 1.64. The second-order valence-corrected chi connectivity index (χ2v) is 6.67. The Labute approximate surface area is 163 Å². The fourth-order valence-corrected chi connectivity index (χ4v) is 2.50. The number of aryl methyl sites for hydroxylation is 1. The molecule has 6 nitrogen and oxygen atoms in total. The van der Waals surface area contributed by atoms with Crippen LogP contribution in [-0.2, 0) is 14.3 Å². The molecule has 0 aliphatic heterocycles. The van der Waals surface area contributed by atoms with Crippen LogP contribution in [0.2, 0.25) is 0 Å². The predicted molar refractivity (Wildman–Crippen MR) is 103 cm³/mol. The smallest absolute Gasteiger partial charge is 0.329 e. The summed E-state index contributed by atoms with van der Waals surface area (Å²) in [5.74, 6) is -2.31. The average molecular weight is 386 g/mol. The Morgan fingerprint density at radius 3 is 2.29 bits per heavy atom. The minimum atomic E-state index is -0.897. The monoisotopic (exact) mass is 386 g/mol. The van der Waals surface area contributed by atoms with E-state index in [0.29, 0.717) is 11.3 Å². The van der Waals surface area contributed by atoms with E-state index in [2.05, 4.69) is 10.6 Å². The normalized spacial score (nSPS) is 11.6. The summed E-state index contributed by atoms with van der Waals surface area (Å²) in [4.78, 5) is 36.7. The number of anilines is 1. The van der Waals surface area contributed by atoms with Gasteiger partial charge in [-0.25, -0.2) is 9.18 Å². The zero-order valence-corrected chi connectivity index (χ0v) is 16.0. The van der Waals surface area contributed by atoms with Gasteiger partial charge in [0.25, 0.3) is 11.8 Å². The first kappa shape index (κ1) is 21.1. The van der Waals surface area contributed by atoms with E-state index in [1.807, 2.05) is 6.07 Å². The molecule has 0 aromatic heterocycles. The van der Waals surface area contributed by atoms with Gasteiger partial charge in [-0.3, -0.25) is 9.59 Å². The lowest BCUT2D eigenvalue weighted by Gasteiger charge is -2.21. The van der Waals surface area contributed by atoms with Crippen LogP contribution in [0.4, 0.5) is 10.1 Å². The molecule has 0 spiro atoms. The maximum absolute atomic E-state index is 12.9. The number of amides is 2. The van der Waals surface area contributed by atoms with Crippen LogP contribution in [0.1, 0.15) is 29.8 Å². The number of nitrogens with one attached hydrogen (secondary N) is 2. The molecule has 2 aromatic carbocycles. The molecule has 2 N–H and O–H groups in total. The third-order valence-electron chi connectivity index (χ3n) is 4.07. The van der Waals surface area contributed by atoms with Crippen LogP contribution in [0.3, 0.4) is 0 Å². The molecule has 1 atom stereocenters. The highest BCUT2D eigenvalue weighted by Crippen LogP contribution is 2.11. The van der Waals surface area contributed by atoms with Gasteiger partial charge < -0.3 is 15.4 Å². The van der Waals surface area contributed by atoms with E-state index >= 15 is 0 Å². The SMILES string of the molecule is Cc1ccccc1C(=O)N[C@H](C(=O)OCC(=O)Nc1ccc(F)cc1)C(C)C. The topological polar surface area (TPSA) is 84.5 Å². The van der Waals surface area contributed by atoms with Gasteiger partial charge in [0.2, 0.25) is 0 Å². The Balaban J connectivity index is 1.93. The van der Waals surface area contributed by atoms with E-state index in [1.54, 1.807) is 39.0 Å². The van der Waals surface area contributed by atoms with Gasteiger partial charge in [0.15, 0.2) is 6.61 Å². The minimum Gasteiger partial charge on any atom is -0.454 e. The van der Waals surface area contributed by atoms with Crippen molar-refractivity contribution >= 4 is 23.5 Å². The zero-order valence-electron chi connectivity index (χ0n) is 16.0. The number of carbonyl (C=O) groups is 3. The van der Waals surface area contributed by atoms with E-state index in [0.717, 1.165) is 5.56 Å². The zero-order chi connectivity index (χ0) is 20.7. The van der Waals surface area contributed by atoms with Gasteiger partial charge in [0.05, 0.1) is 0 Å². The summed E-state index contributed by atoms with van der Waals surface area (Å²) in [7, 11) is 0. The van der Waals surface area contributed by atoms with Crippen molar-refractivity contribution in [2.45, 2.75) is 26.8 Å². The lowest BCUT2D eigenvalue weighted by atomic mass is 10.0. The van der Waals surface area contributed by atoms with Gasteiger partial charge in [0, 0.05) is 11.3 Å². The van der Waals surface area contributed by atoms with E-state index < -0.39 is 30.3 Å². The standard InChI is InChI=1S/C21H23FN2O4/c1-13(2)19(24-20(26)17-7-5-4-6-14(17)3)21(27)28-12-18(25)23-16-10-8-15(22)9-11-16/h4-11,13,19H,12H2,1-3H3,(H,23,25)(H,24,26)/t19-/m0/s1. The quantitative estimate of drug-likeness (QED) is 0.717. The van der Waals surface area contributed by atoms with E-state index in [9.17, 15) is 18.8 Å². The molecule has 7 heteroatoms. The number of hydrogen-bond acceptors (Lipinski definition) is 4. The predicted octanol–water partition coefficient (Wildman–Crippen LogP) is 3.07. The number of esters is 1. The maximum atomic E-state index is 12.9. The van der Waals surface area contributed by atoms with Gasteiger partial charge in [0.1, 0.15) is 11.9 Å². The molecule has 0 aliphatic rings. The fraction of sp³-hybridized carbons (Fsp3) is 0.286. The molecule has 2 rings (SSSR count). The first-order valence-electron chi connectivity index (χ1n) is 8.86. The molecule has 0 saturated heterocycles. The van der Waals surface area contributed by atoms with Crippen molar-refractivity contribution in [1.29, 1.82) is 0 Å². The highest BCUT2D eigenvalue weighted by Gasteiger charge is 2.27. The molecule has 28 heavy (non-hydrogen) atoms. The number of benzene rings is 2. The summed E-state index contributed by atoms with van der Waals surface area (Å²) < 4.78 is 17.9. The second-order valence-electron chi connectivity index (χ2n) is 6.67. The molecule has 2 aromatic rings. The van der Waals surface area contributed by atoms with E-state index in [-0.39, 0.29) is 11.8 Å². The maximum Gasteiger partial charge on any atom is 0.329 e. The molecule has 0 aliphatic carbocycles. The lowest BCUT2D eigenvalue weighted by molar-refractivity contribution is -0.150. The molecule has 0 radical (unpaired) electrons. The van der Waals surface area contributed by atoms with Crippen LogP contribution in [0.5, 0.6) is 0 Å². The van der Waals surface area contributed by atoms with Crippen LogP contribution in [0.15, 0.2) is 48.5 Å². The van der Waals surface area contributed by atoms with Crippen molar-refractivity contribution in [3.8, 4) is 0 Å². The Morgan fingerprint density at radius 1 is 1.04 bits per heavy atom. The molecular formula is C21H23FN2O4. The van der Waals surface area contributed by atoms with Crippen molar-refractivity contribution < 1.29 is 23.5 Å². The molecule has 0 bridgehead atoms. The van der Waals surface area contributed by atoms with Crippen LogP contribution in [0, 0.1) is 18.7 Å². The fourth-order valence-electron chi connectivity index (χ4n) is 2.50. The van der Waals surface area contributed by atoms with Crippen molar-refractivity contribution in [3.63, 3.8) is 0 Å². The highest BCUT2D eigenvalue weighted by atomic mass is 19.1. The van der Waals surface area contributed by atoms with Gasteiger partial charge in [-0.05, 0) is 48.7 Å². The number of rotatable bonds is 7. The Morgan fingerprint density at radius 2 is 1.68 bits per heavy atom. The Bertz CT molecular complexity index is 850. The van der Waals surface area contributed by atoms with E-state index in [4.69, 9.17) is 4.74 Å². The largest absolute Gasteiger partial charge is 0.454 e. The van der Waals surface area contributed by atoms with E-state index in [1.165, 1.54) is 24.3 Å². The van der Waals surface area contributed by atoms with Crippen molar-refractivity contribution in [1.82, 2.24) is 5.32 Å². The lowest BCUT2D eigenvalue weighted by Crippen LogP contribution is -2.46. The van der Waals surface area contributed by atoms with Gasteiger partial charge in [-0.2, -0.15) is 0 Å². The van der Waals surface area contributed by atoms with Gasteiger partial charge in [-0.15, -0.1) is 0 Å². The van der Waals surface area contributed by atoms with Crippen molar-refractivity contribution in [2.75, 3.05) is 11.9 Å². The Hall–Kier alpha value is -3.22. The summed E-state index contributed by atoms with van der Waals surface area (Å²) in [6.07, 6.45) is 0. The summed E-state index contributed by atoms with van der Waals surface area (Å²) >= 11 is 0. The highest BCUT2D eigenvalue weighted by molar-refractivity contribution is 5.98. The van der Waals surface area contributed by atoms with Crippen molar-refractivity contribution in [3.05, 3.63) is 65.5 Å².